The van der Waals surface area contributed by atoms with Crippen molar-refractivity contribution in [1.82, 2.24) is 20.9 Å². The third-order valence-corrected chi connectivity index (χ3v) is 6.99. The molecule has 2 aromatic rings. The average molecular weight is 549 g/mol. The fraction of sp³-hybridized carbons (Fsp3) is 0.538. The van der Waals surface area contributed by atoms with Gasteiger partial charge in [0.2, 0.25) is 17.7 Å². The molecule has 5 unspecified atom stereocenters. The van der Waals surface area contributed by atoms with Gasteiger partial charge in [-0.1, -0.05) is 38.5 Å². The first-order valence-corrected chi connectivity index (χ1v) is 13.5. The zero-order valence-corrected chi connectivity index (χ0v) is 22.8. The first-order chi connectivity index (χ1) is 18.1. The Labute approximate surface area is 228 Å². The monoisotopic (exact) mass is 548 g/mol. The number of aliphatic carboxylic acids is 1. The molecule has 0 aliphatic carbocycles. The number of hydrogen-bond acceptors (Lipinski definition) is 7. The molecule has 9 N–H and O–H groups in total. The molecule has 3 amide bonds. The highest BCUT2D eigenvalue weighted by molar-refractivity contribution is 7.80. The van der Waals surface area contributed by atoms with E-state index in [9.17, 15) is 24.3 Å². The fourth-order valence-corrected chi connectivity index (χ4v) is 4.32. The average Bonchev–Trinajstić information content (AvgIpc) is 3.31. The predicted molar refractivity (Wildman–Crippen MR) is 150 cm³/mol. The molecule has 38 heavy (non-hydrogen) atoms. The van der Waals surface area contributed by atoms with Crippen LogP contribution in [0, 0.1) is 5.92 Å². The minimum absolute atomic E-state index is 0.107. The van der Waals surface area contributed by atoms with E-state index >= 15 is 0 Å². The van der Waals surface area contributed by atoms with Crippen molar-refractivity contribution >= 4 is 47.2 Å². The van der Waals surface area contributed by atoms with Gasteiger partial charge >= 0.3 is 5.97 Å². The molecule has 0 bridgehead atoms. The first-order valence-electron chi connectivity index (χ1n) is 12.9. The number of rotatable bonds is 16. The van der Waals surface area contributed by atoms with Gasteiger partial charge in [0, 0.05) is 22.9 Å². The summed E-state index contributed by atoms with van der Waals surface area (Å²) in [5, 5.41) is 18.1. The molecule has 0 saturated carbocycles. The second kappa shape index (κ2) is 15.4. The van der Waals surface area contributed by atoms with Crippen LogP contribution in [0.4, 0.5) is 0 Å². The van der Waals surface area contributed by atoms with E-state index in [0.717, 1.165) is 16.5 Å². The van der Waals surface area contributed by atoms with Gasteiger partial charge in [-0.2, -0.15) is 12.6 Å². The number of carboxylic acids is 1. The number of aromatic amines is 1. The van der Waals surface area contributed by atoms with E-state index in [-0.39, 0.29) is 24.5 Å². The number of amides is 3. The van der Waals surface area contributed by atoms with Gasteiger partial charge in [0.1, 0.15) is 18.1 Å². The zero-order valence-electron chi connectivity index (χ0n) is 21.9. The Morgan fingerprint density at radius 3 is 2.34 bits per heavy atom. The van der Waals surface area contributed by atoms with Gasteiger partial charge in [0.15, 0.2) is 0 Å². The third-order valence-electron chi connectivity index (χ3n) is 6.62. The maximum absolute atomic E-state index is 13.3. The smallest absolute Gasteiger partial charge is 0.327 e. The normalized spacial score (nSPS) is 15.2. The highest BCUT2D eigenvalue weighted by atomic mass is 32.1. The summed E-state index contributed by atoms with van der Waals surface area (Å²) < 4.78 is 0. The van der Waals surface area contributed by atoms with Gasteiger partial charge in [-0.3, -0.25) is 14.4 Å². The molecular weight excluding hydrogens is 508 g/mol. The maximum Gasteiger partial charge on any atom is 0.327 e. The molecule has 0 radical (unpaired) electrons. The Hall–Kier alpha value is -3.09. The van der Waals surface area contributed by atoms with Gasteiger partial charge in [-0.05, 0) is 49.8 Å². The number of para-hydroxylation sites is 1. The summed E-state index contributed by atoms with van der Waals surface area (Å²) in [5.41, 5.74) is 13.6. The Morgan fingerprint density at radius 1 is 1.03 bits per heavy atom. The van der Waals surface area contributed by atoms with Crippen molar-refractivity contribution in [3.63, 3.8) is 0 Å². The van der Waals surface area contributed by atoms with Crippen LogP contribution in [0.2, 0.25) is 0 Å². The molecule has 1 heterocycles. The molecule has 1 aromatic carbocycles. The molecule has 2 rings (SSSR count). The lowest BCUT2D eigenvalue weighted by Crippen LogP contribution is -2.59. The lowest BCUT2D eigenvalue weighted by molar-refractivity contribution is -0.141. The summed E-state index contributed by atoms with van der Waals surface area (Å²) >= 11 is 3.97. The van der Waals surface area contributed by atoms with Gasteiger partial charge in [0.05, 0.1) is 6.04 Å². The van der Waals surface area contributed by atoms with Crippen LogP contribution < -0.4 is 27.4 Å². The number of nitrogens with one attached hydrogen (secondary N) is 4. The Bertz CT molecular complexity index is 1090. The van der Waals surface area contributed by atoms with E-state index < -0.39 is 47.9 Å². The molecule has 11 nitrogen and oxygen atoms in total. The summed E-state index contributed by atoms with van der Waals surface area (Å²) in [4.78, 5) is 53.7. The molecule has 5 atom stereocenters. The molecule has 0 saturated heterocycles. The lowest BCUT2D eigenvalue weighted by atomic mass is 9.96. The van der Waals surface area contributed by atoms with Crippen molar-refractivity contribution in [3.05, 3.63) is 36.0 Å². The molecule has 0 spiro atoms. The number of nitrogens with two attached hydrogens (primary N) is 2. The van der Waals surface area contributed by atoms with Gasteiger partial charge in [-0.15, -0.1) is 0 Å². The van der Waals surface area contributed by atoms with Crippen LogP contribution in [0.1, 0.15) is 45.1 Å². The largest absolute Gasteiger partial charge is 0.480 e. The Balaban J connectivity index is 2.13. The number of carboxylic acid groups (broad SMARTS) is 1. The van der Waals surface area contributed by atoms with Crippen LogP contribution in [0.5, 0.6) is 0 Å². The van der Waals surface area contributed by atoms with Gasteiger partial charge in [0.25, 0.3) is 0 Å². The summed E-state index contributed by atoms with van der Waals surface area (Å²) in [7, 11) is 0. The van der Waals surface area contributed by atoms with Crippen molar-refractivity contribution in [2.75, 3.05) is 12.3 Å². The van der Waals surface area contributed by atoms with E-state index in [2.05, 4.69) is 33.6 Å². The number of thiol groups is 1. The van der Waals surface area contributed by atoms with Crippen molar-refractivity contribution in [2.45, 2.75) is 70.1 Å². The fourth-order valence-electron chi connectivity index (χ4n) is 4.07. The maximum atomic E-state index is 13.3. The molecular formula is C26H40N6O5S. The lowest BCUT2D eigenvalue weighted by Gasteiger charge is -2.28. The standard InChI is InChI=1S/C26H40N6O5S/c1-3-15(2)22(32-23(33)18(28)12-16-13-29-19-9-5-4-8-17(16)19)25(35)30-20(10-6-7-11-27)24(34)31-21(14-38)26(36)37/h4-5,8-9,13,15,18,20-22,29,38H,3,6-7,10-12,14,27-28H2,1-2H3,(H,30,35)(H,31,34)(H,32,33)(H,36,37). The van der Waals surface area contributed by atoms with E-state index in [0.29, 0.717) is 25.8 Å². The van der Waals surface area contributed by atoms with E-state index in [4.69, 9.17) is 11.5 Å². The number of hydrogen-bond donors (Lipinski definition) is 8. The van der Waals surface area contributed by atoms with Crippen molar-refractivity contribution < 1.29 is 24.3 Å². The number of carbonyl (C=O) groups is 4. The summed E-state index contributed by atoms with van der Waals surface area (Å²) in [6, 6.07) is 3.65. The zero-order chi connectivity index (χ0) is 28.2. The van der Waals surface area contributed by atoms with Crippen LogP contribution in [0.15, 0.2) is 30.5 Å². The molecule has 0 fully saturated rings. The predicted octanol–water partition coefficient (Wildman–Crippen LogP) is 0.682. The number of fused-ring (bicyclic) bond motifs is 1. The van der Waals surface area contributed by atoms with Gasteiger partial charge in [-0.25, -0.2) is 4.79 Å². The van der Waals surface area contributed by atoms with Crippen LogP contribution in [0.25, 0.3) is 10.9 Å². The van der Waals surface area contributed by atoms with Crippen LogP contribution >= 0.6 is 12.6 Å². The van der Waals surface area contributed by atoms with Crippen molar-refractivity contribution in [1.29, 1.82) is 0 Å². The first kappa shape index (κ1) is 31.1. The highest BCUT2D eigenvalue weighted by Gasteiger charge is 2.32. The third kappa shape index (κ3) is 8.74. The number of carbonyl (C=O) groups excluding carboxylic acids is 3. The van der Waals surface area contributed by atoms with Crippen LogP contribution in [-0.4, -0.2) is 70.2 Å². The van der Waals surface area contributed by atoms with Crippen LogP contribution in [0.3, 0.4) is 0 Å². The second-order valence-electron chi connectivity index (χ2n) is 9.47. The minimum atomic E-state index is -1.23. The van der Waals surface area contributed by atoms with E-state index in [1.807, 2.05) is 44.3 Å². The number of unbranched alkanes of at least 4 members (excludes halogenated alkanes) is 1. The van der Waals surface area contributed by atoms with E-state index in [1.165, 1.54) is 0 Å². The number of H-pyrrole nitrogens is 1. The van der Waals surface area contributed by atoms with Crippen LogP contribution in [-0.2, 0) is 25.6 Å². The minimum Gasteiger partial charge on any atom is -0.480 e. The molecule has 1 aromatic heterocycles. The number of benzene rings is 1. The number of aromatic nitrogens is 1. The highest BCUT2D eigenvalue weighted by Crippen LogP contribution is 2.19. The Morgan fingerprint density at radius 2 is 1.71 bits per heavy atom. The summed E-state index contributed by atoms with van der Waals surface area (Å²) in [5.74, 6) is -3.25. The topological polar surface area (TPSA) is 192 Å². The van der Waals surface area contributed by atoms with Gasteiger partial charge < -0.3 is 37.5 Å². The van der Waals surface area contributed by atoms with Crippen molar-refractivity contribution in [3.8, 4) is 0 Å². The Kier molecular flexibility index (Phi) is 12.6. The SMILES string of the molecule is CCC(C)C(NC(=O)C(N)Cc1c[nH]c2ccccc12)C(=O)NC(CCCCN)C(=O)NC(CS)C(=O)O. The molecule has 0 aliphatic rings. The molecule has 12 heteroatoms. The van der Waals surface area contributed by atoms with Crippen molar-refractivity contribution in [2.24, 2.45) is 17.4 Å². The quantitative estimate of drug-likeness (QED) is 0.112. The molecule has 210 valence electrons. The summed E-state index contributed by atoms with van der Waals surface area (Å²) in [6.45, 7) is 4.12. The van der Waals surface area contributed by atoms with E-state index in [1.54, 1.807) is 0 Å². The molecule has 0 aliphatic heterocycles. The summed E-state index contributed by atoms with van der Waals surface area (Å²) in [6.07, 6.45) is 4.10. The second-order valence-corrected chi connectivity index (χ2v) is 9.83.